The monoisotopic (exact) mass is 381 g/mol. The number of amides is 1. The van der Waals surface area contributed by atoms with Crippen LogP contribution in [0.25, 0.3) is 0 Å². The van der Waals surface area contributed by atoms with E-state index in [1.165, 1.54) is 11.3 Å². The number of rotatable bonds is 4. The fraction of sp³-hybridized carbons (Fsp3) is 0.200. The van der Waals surface area contributed by atoms with Crippen molar-refractivity contribution in [3.05, 3.63) is 59.1 Å². The predicted octanol–water partition coefficient (Wildman–Crippen LogP) is 4.19. The molecule has 0 fully saturated rings. The fourth-order valence-electron chi connectivity index (χ4n) is 3.20. The molecule has 138 valence electrons. The van der Waals surface area contributed by atoms with Crippen molar-refractivity contribution in [1.82, 2.24) is 4.98 Å². The number of hydrogen-bond acceptors (Lipinski definition) is 6. The molecule has 1 aromatic heterocycles. The number of aromatic hydroxyl groups is 1. The van der Waals surface area contributed by atoms with Crippen LogP contribution in [0.2, 0.25) is 0 Å². The van der Waals surface area contributed by atoms with Gasteiger partial charge in [-0.25, -0.2) is 4.98 Å². The molecule has 0 saturated carbocycles. The molecule has 1 aliphatic rings. The molecule has 4 rings (SSSR count). The van der Waals surface area contributed by atoms with Crippen molar-refractivity contribution in [2.24, 2.45) is 0 Å². The van der Waals surface area contributed by atoms with E-state index >= 15 is 0 Å². The number of aromatic nitrogens is 1. The normalized spacial score (nSPS) is 13.1. The standard InChI is InChI=1S/C20H19N3O3S/c1-26-15-9-7-14(8-10-15)21-20-22-16(12-27-20)19(25)23-11-3-5-13-4-2-6-17(24)18(13)23/h2,4,6-10,12,24H,3,5,11H2,1H3,(H,21,22). The number of nitrogens with one attached hydrogen (secondary N) is 1. The molecule has 2 heterocycles. The van der Waals surface area contributed by atoms with E-state index in [1.807, 2.05) is 36.4 Å². The highest BCUT2D eigenvalue weighted by Crippen LogP contribution is 2.36. The zero-order valence-electron chi connectivity index (χ0n) is 14.8. The number of fused-ring (bicyclic) bond motifs is 1. The number of carbonyl (C=O) groups is 1. The first-order chi connectivity index (χ1) is 13.2. The molecular formula is C20H19N3O3S. The number of anilines is 3. The first-order valence-electron chi connectivity index (χ1n) is 8.65. The number of para-hydroxylation sites is 1. The lowest BCUT2D eigenvalue weighted by Gasteiger charge is -2.29. The summed E-state index contributed by atoms with van der Waals surface area (Å²) in [4.78, 5) is 19.0. The third kappa shape index (κ3) is 3.46. The van der Waals surface area contributed by atoms with Crippen LogP contribution in [0.3, 0.4) is 0 Å². The Kier molecular flexibility index (Phi) is 4.68. The summed E-state index contributed by atoms with van der Waals surface area (Å²) in [7, 11) is 1.62. The van der Waals surface area contributed by atoms with Gasteiger partial charge in [-0.15, -0.1) is 11.3 Å². The summed E-state index contributed by atoms with van der Waals surface area (Å²) < 4.78 is 5.15. The van der Waals surface area contributed by atoms with Crippen LogP contribution in [0.1, 0.15) is 22.5 Å². The maximum atomic E-state index is 13.0. The molecule has 0 spiro atoms. The highest BCUT2D eigenvalue weighted by molar-refractivity contribution is 7.14. The number of thiazole rings is 1. The number of phenols is 1. The van der Waals surface area contributed by atoms with Crippen LogP contribution in [0, 0.1) is 0 Å². The quantitative estimate of drug-likeness (QED) is 0.709. The summed E-state index contributed by atoms with van der Waals surface area (Å²) in [6, 6.07) is 12.9. The Morgan fingerprint density at radius 2 is 2.07 bits per heavy atom. The van der Waals surface area contributed by atoms with E-state index in [-0.39, 0.29) is 11.7 Å². The number of benzene rings is 2. The highest BCUT2D eigenvalue weighted by Gasteiger charge is 2.27. The van der Waals surface area contributed by atoms with Gasteiger partial charge in [0.15, 0.2) is 5.13 Å². The Morgan fingerprint density at radius 3 is 2.85 bits per heavy atom. The van der Waals surface area contributed by atoms with Gasteiger partial charge >= 0.3 is 0 Å². The lowest BCUT2D eigenvalue weighted by Crippen LogP contribution is -2.35. The molecule has 0 saturated heterocycles. The first kappa shape index (κ1) is 17.4. The van der Waals surface area contributed by atoms with Crippen molar-refractivity contribution in [3.8, 4) is 11.5 Å². The molecule has 0 bridgehead atoms. The average Bonchev–Trinajstić information content (AvgIpc) is 3.16. The molecule has 1 amide bonds. The van der Waals surface area contributed by atoms with Crippen molar-refractivity contribution < 1.29 is 14.6 Å². The van der Waals surface area contributed by atoms with Gasteiger partial charge in [-0.1, -0.05) is 12.1 Å². The molecule has 3 aromatic rings. The number of phenolic OH excluding ortho intramolecular Hbond substituents is 1. The maximum absolute atomic E-state index is 13.0. The summed E-state index contributed by atoms with van der Waals surface area (Å²) >= 11 is 1.37. The fourth-order valence-corrected chi connectivity index (χ4v) is 3.90. The third-order valence-corrected chi connectivity index (χ3v) is 5.26. The van der Waals surface area contributed by atoms with Crippen molar-refractivity contribution in [3.63, 3.8) is 0 Å². The molecule has 7 heteroatoms. The lowest BCUT2D eigenvalue weighted by molar-refractivity contribution is 0.0980. The van der Waals surface area contributed by atoms with Crippen molar-refractivity contribution in [2.45, 2.75) is 12.8 Å². The van der Waals surface area contributed by atoms with Crippen molar-refractivity contribution in [1.29, 1.82) is 0 Å². The zero-order chi connectivity index (χ0) is 18.8. The minimum Gasteiger partial charge on any atom is -0.506 e. The molecule has 1 aliphatic heterocycles. The number of aryl methyl sites for hydroxylation is 1. The van der Waals surface area contributed by atoms with Crippen molar-refractivity contribution in [2.75, 3.05) is 23.9 Å². The zero-order valence-corrected chi connectivity index (χ0v) is 15.6. The highest BCUT2D eigenvalue weighted by atomic mass is 32.1. The van der Waals surface area contributed by atoms with Gasteiger partial charge < -0.3 is 20.1 Å². The molecule has 2 aromatic carbocycles. The summed E-state index contributed by atoms with van der Waals surface area (Å²) in [5.74, 6) is 0.711. The van der Waals surface area contributed by atoms with Crippen LogP contribution in [-0.2, 0) is 6.42 Å². The molecule has 2 N–H and O–H groups in total. The minimum atomic E-state index is -0.198. The Morgan fingerprint density at radius 1 is 1.26 bits per heavy atom. The van der Waals surface area contributed by atoms with Gasteiger partial charge in [0.2, 0.25) is 0 Å². The third-order valence-electron chi connectivity index (χ3n) is 4.51. The van der Waals surface area contributed by atoms with Crippen molar-refractivity contribution >= 4 is 33.8 Å². The average molecular weight is 381 g/mol. The van der Waals surface area contributed by atoms with Gasteiger partial charge in [-0.2, -0.15) is 0 Å². The van der Waals surface area contributed by atoms with Gasteiger partial charge in [-0.05, 0) is 48.7 Å². The van der Waals surface area contributed by atoms with Crippen LogP contribution < -0.4 is 15.0 Å². The first-order valence-corrected chi connectivity index (χ1v) is 9.53. The van der Waals surface area contributed by atoms with Gasteiger partial charge in [-0.3, -0.25) is 4.79 Å². The second-order valence-corrected chi connectivity index (χ2v) is 7.09. The van der Waals surface area contributed by atoms with Gasteiger partial charge in [0.1, 0.15) is 17.2 Å². The molecular weight excluding hydrogens is 362 g/mol. The topological polar surface area (TPSA) is 74.7 Å². The van der Waals surface area contributed by atoms with Crippen LogP contribution in [0.4, 0.5) is 16.5 Å². The maximum Gasteiger partial charge on any atom is 0.277 e. The van der Waals surface area contributed by atoms with Gasteiger partial charge in [0, 0.05) is 17.6 Å². The van der Waals surface area contributed by atoms with E-state index in [0.717, 1.165) is 29.8 Å². The second kappa shape index (κ2) is 7.28. The Hall–Kier alpha value is -3.06. The Bertz CT molecular complexity index is 969. The van der Waals surface area contributed by atoms with Crippen LogP contribution in [0.5, 0.6) is 11.5 Å². The van der Waals surface area contributed by atoms with E-state index in [1.54, 1.807) is 23.5 Å². The second-order valence-electron chi connectivity index (χ2n) is 6.24. The van der Waals surface area contributed by atoms with Gasteiger partial charge in [0.25, 0.3) is 5.91 Å². The van der Waals surface area contributed by atoms with E-state index in [2.05, 4.69) is 10.3 Å². The number of carbonyl (C=O) groups excluding carboxylic acids is 1. The lowest BCUT2D eigenvalue weighted by atomic mass is 10.0. The molecule has 0 atom stereocenters. The number of ether oxygens (including phenoxy) is 1. The molecule has 0 aliphatic carbocycles. The predicted molar refractivity (Wildman–Crippen MR) is 106 cm³/mol. The molecule has 27 heavy (non-hydrogen) atoms. The van der Waals surface area contributed by atoms with Crippen LogP contribution >= 0.6 is 11.3 Å². The van der Waals surface area contributed by atoms with E-state index in [4.69, 9.17) is 4.74 Å². The summed E-state index contributed by atoms with van der Waals surface area (Å²) in [5.41, 5.74) is 2.82. The summed E-state index contributed by atoms with van der Waals surface area (Å²) in [6.45, 7) is 0.572. The SMILES string of the molecule is COc1ccc(Nc2nc(C(=O)N3CCCc4cccc(O)c43)cs2)cc1. The number of methoxy groups -OCH3 is 1. The smallest absolute Gasteiger partial charge is 0.277 e. The van der Waals surface area contributed by atoms with Gasteiger partial charge in [0.05, 0.1) is 12.8 Å². The van der Waals surface area contributed by atoms with E-state index in [9.17, 15) is 9.90 Å². The van der Waals surface area contributed by atoms with Crippen LogP contribution in [0.15, 0.2) is 47.8 Å². The number of hydrogen-bond donors (Lipinski definition) is 2. The molecule has 0 radical (unpaired) electrons. The largest absolute Gasteiger partial charge is 0.506 e. The summed E-state index contributed by atoms with van der Waals surface area (Å²) in [5, 5.41) is 15.8. The Balaban J connectivity index is 1.54. The molecule has 0 unspecified atom stereocenters. The van der Waals surface area contributed by atoms with Crippen LogP contribution in [-0.4, -0.2) is 29.7 Å². The number of nitrogens with zero attached hydrogens (tertiary/aromatic N) is 2. The minimum absolute atomic E-state index is 0.132. The Labute approximate surface area is 161 Å². The van der Waals surface area contributed by atoms with E-state index in [0.29, 0.717) is 23.1 Å². The summed E-state index contributed by atoms with van der Waals surface area (Å²) in [6.07, 6.45) is 1.72. The van der Waals surface area contributed by atoms with E-state index < -0.39 is 0 Å². The molecule has 6 nitrogen and oxygen atoms in total.